The highest BCUT2D eigenvalue weighted by Gasteiger charge is 2.15. The molecular formula is C21H22N4O2. The van der Waals surface area contributed by atoms with Crippen molar-refractivity contribution < 1.29 is 9.53 Å². The largest absolute Gasteiger partial charge is 0.495 e. The van der Waals surface area contributed by atoms with Crippen LogP contribution in [-0.2, 0) is 0 Å². The molecule has 6 nitrogen and oxygen atoms in total. The van der Waals surface area contributed by atoms with Crippen molar-refractivity contribution in [2.75, 3.05) is 23.9 Å². The van der Waals surface area contributed by atoms with Crippen LogP contribution in [0.2, 0.25) is 0 Å². The van der Waals surface area contributed by atoms with Crippen molar-refractivity contribution in [1.82, 2.24) is 9.97 Å². The van der Waals surface area contributed by atoms with Gasteiger partial charge in [-0.3, -0.25) is 4.79 Å². The molecule has 6 heteroatoms. The molecule has 0 bridgehead atoms. The van der Waals surface area contributed by atoms with E-state index in [-0.39, 0.29) is 11.6 Å². The quantitative estimate of drug-likeness (QED) is 0.712. The number of aromatic nitrogens is 2. The van der Waals surface area contributed by atoms with E-state index in [1.165, 1.54) is 0 Å². The van der Waals surface area contributed by atoms with E-state index in [2.05, 4.69) is 21.4 Å². The van der Waals surface area contributed by atoms with Gasteiger partial charge in [0.1, 0.15) is 11.4 Å². The number of amides is 1. The lowest BCUT2D eigenvalue weighted by atomic mass is 10.2. The Labute approximate surface area is 158 Å². The molecule has 0 aliphatic rings. The zero-order valence-corrected chi connectivity index (χ0v) is 15.6. The smallest absolute Gasteiger partial charge is 0.274 e. The van der Waals surface area contributed by atoms with Crippen LogP contribution >= 0.6 is 0 Å². The van der Waals surface area contributed by atoms with Gasteiger partial charge in [0.05, 0.1) is 12.8 Å². The highest BCUT2D eigenvalue weighted by Crippen LogP contribution is 2.25. The normalized spacial score (nSPS) is 10.3. The number of hydrogen-bond acceptors (Lipinski definition) is 5. The van der Waals surface area contributed by atoms with Gasteiger partial charge in [-0.2, -0.15) is 0 Å². The van der Waals surface area contributed by atoms with Gasteiger partial charge in [-0.25, -0.2) is 9.97 Å². The summed E-state index contributed by atoms with van der Waals surface area (Å²) in [6, 6.07) is 16.9. The molecule has 0 unspecified atom stereocenters. The predicted molar refractivity (Wildman–Crippen MR) is 107 cm³/mol. The molecule has 0 saturated carbocycles. The maximum Gasteiger partial charge on any atom is 0.274 e. The lowest BCUT2D eigenvalue weighted by Gasteiger charge is -2.21. The van der Waals surface area contributed by atoms with E-state index >= 15 is 0 Å². The fourth-order valence-corrected chi connectivity index (χ4v) is 2.77. The second-order valence-electron chi connectivity index (χ2n) is 5.98. The number of ether oxygens (including phenoxy) is 1. The summed E-state index contributed by atoms with van der Waals surface area (Å²) in [4.78, 5) is 23.4. The fourth-order valence-electron chi connectivity index (χ4n) is 2.77. The first-order valence-corrected chi connectivity index (χ1v) is 8.74. The molecule has 0 aliphatic carbocycles. The molecule has 27 heavy (non-hydrogen) atoms. The predicted octanol–water partition coefficient (Wildman–Crippen LogP) is 4.20. The number of carbonyl (C=O) groups excluding carboxylic acids is 1. The molecular weight excluding hydrogens is 340 g/mol. The number of anilines is 3. The monoisotopic (exact) mass is 362 g/mol. The molecule has 138 valence electrons. The number of aryl methyl sites for hydroxylation is 1. The number of hydrogen-bond donors (Lipinski definition) is 1. The molecule has 0 aliphatic heterocycles. The van der Waals surface area contributed by atoms with E-state index in [4.69, 9.17) is 4.74 Å². The third kappa shape index (κ3) is 4.23. The number of nitrogens with zero attached hydrogens (tertiary/aromatic N) is 3. The standard InChI is InChI=1S/C21H22N4O2/c1-4-25(16-9-7-8-15(2)14-16)21-22-13-12-18(24-21)20(26)23-17-10-5-6-11-19(17)27-3/h5-14H,4H2,1-3H3,(H,23,26). The number of para-hydroxylation sites is 2. The number of carbonyl (C=O) groups is 1. The van der Waals surface area contributed by atoms with Crippen molar-refractivity contribution in [2.24, 2.45) is 0 Å². The SMILES string of the molecule is CCN(c1cccc(C)c1)c1nccc(C(=O)Nc2ccccc2OC)n1. The Morgan fingerprint density at radius 3 is 2.70 bits per heavy atom. The van der Waals surface area contributed by atoms with Crippen molar-refractivity contribution in [1.29, 1.82) is 0 Å². The third-order valence-electron chi connectivity index (χ3n) is 4.10. The molecule has 1 N–H and O–H groups in total. The minimum Gasteiger partial charge on any atom is -0.495 e. The molecule has 0 fully saturated rings. The lowest BCUT2D eigenvalue weighted by molar-refractivity contribution is 0.102. The molecule has 0 atom stereocenters. The van der Waals surface area contributed by atoms with Crippen molar-refractivity contribution in [3.05, 3.63) is 72.1 Å². The van der Waals surface area contributed by atoms with Crippen LogP contribution in [0.3, 0.4) is 0 Å². The minimum atomic E-state index is -0.316. The first-order chi connectivity index (χ1) is 13.1. The summed E-state index contributed by atoms with van der Waals surface area (Å²) in [6.45, 7) is 4.74. The van der Waals surface area contributed by atoms with Gasteiger partial charge in [-0.05, 0) is 49.7 Å². The molecule has 3 rings (SSSR count). The molecule has 0 spiro atoms. The third-order valence-corrected chi connectivity index (χ3v) is 4.10. The first-order valence-electron chi connectivity index (χ1n) is 8.74. The molecule has 1 aromatic heterocycles. The van der Waals surface area contributed by atoms with E-state index in [0.29, 0.717) is 23.9 Å². The second kappa shape index (κ2) is 8.31. The summed E-state index contributed by atoms with van der Waals surface area (Å²) in [5, 5.41) is 2.84. The number of methoxy groups -OCH3 is 1. The molecule has 2 aromatic carbocycles. The number of benzene rings is 2. The van der Waals surface area contributed by atoms with E-state index in [9.17, 15) is 4.79 Å². The molecule has 1 heterocycles. The van der Waals surface area contributed by atoms with Gasteiger partial charge in [0.25, 0.3) is 5.91 Å². The van der Waals surface area contributed by atoms with Crippen molar-refractivity contribution >= 4 is 23.2 Å². The van der Waals surface area contributed by atoms with E-state index in [1.807, 2.05) is 49.1 Å². The van der Waals surface area contributed by atoms with E-state index < -0.39 is 0 Å². The Hall–Kier alpha value is -3.41. The van der Waals surface area contributed by atoms with Gasteiger partial charge < -0.3 is 15.0 Å². The Morgan fingerprint density at radius 2 is 1.96 bits per heavy atom. The number of nitrogens with one attached hydrogen (secondary N) is 1. The Kier molecular flexibility index (Phi) is 5.66. The van der Waals surface area contributed by atoms with Crippen LogP contribution in [0.5, 0.6) is 5.75 Å². The first kappa shape index (κ1) is 18.4. The highest BCUT2D eigenvalue weighted by atomic mass is 16.5. The fraction of sp³-hybridized carbons (Fsp3) is 0.190. The minimum absolute atomic E-state index is 0.289. The summed E-state index contributed by atoms with van der Waals surface area (Å²) in [7, 11) is 1.56. The van der Waals surface area contributed by atoms with Gasteiger partial charge in [-0.1, -0.05) is 24.3 Å². The van der Waals surface area contributed by atoms with Gasteiger partial charge in [0, 0.05) is 18.4 Å². The maximum absolute atomic E-state index is 12.7. The van der Waals surface area contributed by atoms with Crippen molar-refractivity contribution in [3.63, 3.8) is 0 Å². The Morgan fingerprint density at radius 1 is 1.15 bits per heavy atom. The summed E-state index contributed by atoms with van der Waals surface area (Å²) in [5.74, 6) is 0.759. The van der Waals surface area contributed by atoms with Gasteiger partial charge in [-0.15, -0.1) is 0 Å². The average Bonchev–Trinajstić information content (AvgIpc) is 2.69. The highest BCUT2D eigenvalue weighted by molar-refractivity contribution is 6.03. The lowest BCUT2D eigenvalue weighted by Crippen LogP contribution is -2.21. The summed E-state index contributed by atoms with van der Waals surface area (Å²) >= 11 is 0. The van der Waals surface area contributed by atoms with E-state index in [0.717, 1.165) is 11.3 Å². The van der Waals surface area contributed by atoms with Crippen LogP contribution in [0.1, 0.15) is 23.0 Å². The summed E-state index contributed by atoms with van der Waals surface area (Å²) in [5.41, 5.74) is 3.02. The average molecular weight is 362 g/mol. The van der Waals surface area contributed by atoms with Crippen molar-refractivity contribution in [2.45, 2.75) is 13.8 Å². The zero-order chi connectivity index (χ0) is 19.2. The maximum atomic E-state index is 12.7. The molecule has 1 amide bonds. The van der Waals surface area contributed by atoms with Crippen LogP contribution in [0.25, 0.3) is 0 Å². The zero-order valence-electron chi connectivity index (χ0n) is 15.6. The Bertz CT molecular complexity index is 943. The summed E-state index contributed by atoms with van der Waals surface area (Å²) in [6.07, 6.45) is 1.60. The molecule has 3 aromatic rings. The second-order valence-corrected chi connectivity index (χ2v) is 5.98. The van der Waals surface area contributed by atoms with Crippen molar-refractivity contribution in [3.8, 4) is 5.75 Å². The Balaban J connectivity index is 1.87. The van der Waals surface area contributed by atoms with E-state index in [1.54, 1.807) is 31.5 Å². The van der Waals surface area contributed by atoms with Gasteiger partial charge in [0.15, 0.2) is 0 Å². The summed E-state index contributed by atoms with van der Waals surface area (Å²) < 4.78 is 5.27. The van der Waals surface area contributed by atoms with Gasteiger partial charge >= 0.3 is 0 Å². The topological polar surface area (TPSA) is 67.4 Å². The van der Waals surface area contributed by atoms with Crippen LogP contribution in [0, 0.1) is 6.92 Å². The number of rotatable bonds is 6. The van der Waals surface area contributed by atoms with Crippen LogP contribution in [0.15, 0.2) is 60.8 Å². The molecule has 0 radical (unpaired) electrons. The van der Waals surface area contributed by atoms with Gasteiger partial charge in [0.2, 0.25) is 5.95 Å². The van der Waals surface area contributed by atoms with Crippen LogP contribution in [0.4, 0.5) is 17.3 Å². The molecule has 0 saturated heterocycles. The van der Waals surface area contributed by atoms with Crippen LogP contribution in [-0.4, -0.2) is 29.5 Å². The van der Waals surface area contributed by atoms with Crippen LogP contribution < -0.4 is 15.0 Å².